The Hall–Kier alpha value is -0.800. The summed E-state index contributed by atoms with van der Waals surface area (Å²) in [5.41, 5.74) is 0.923. The average molecular weight is 335 g/mol. The highest BCUT2D eigenvalue weighted by atomic mass is 32.1. The standard InChI is InChI=1S/C13H21NO5S2/c1-10-11(21-13(20)14-10)9-12(15)19-8-7-18-6-5-17-4-3-16-2/h3-9H2,1-2H3,(H,14,20). The van der Waals surface area contributed by atoms with Crippen molar-refractivity contribution in [3.8, 4) is 0 Å². The van der Waals surface area contributed by atoms with Crippen LogP contribution in [0, 0.1) is 10.9 Å². The molecule has 0 saturated heterocycles. The zero-order valence-corrected chi connectivity index (χ0v) is 13.9. The molecule has 1 aromatic rings. The molecule has 0 aliphatic rings. The number of thiazole rings is 1. The van der Waals surface area contributed by atoms with Crippen LogP contribution in [0.25, 0.3) is 0 Å². The van der Waals surface area contributed by atoms with Gasteiger partial charge in [-0.15, -0.1) is 11.3 Å². The van der Waals surface area contributed by atoms with Crippen LogP contribution in [0.15, 0.2) is 0 Å². The monoisotopic (exact) mass is 335 g/mol. The van der Waals surface area contributed by atoms with E-state index in [1.807, 2.05) is 6.92 Å². The summed E-state index contributed by atoms with van der Waals surface area (Å²) < 4.78 is 21.1. The molecule has 0 radical (unpaired) electrons. The van der Waals surface area contributed by atoms with Gasteiger partial charge in [-0.3, -0.25) is 4.79 Å². The second kappa shape index (κ2) is 10.9. The Morgan fingerprint density at radius 3 is 2.33 bits per heavy atom. The average Bonchev–Trinajstić information content (AvgIpc) is 2.75. The fourth-order valence-corrected chi connectivity index (χ4v) is 2.74. The molecule has 0 unspecified atom stereocenters. The van der Waals surface area contributed by atoms with Crippen LogP contribution in [-0.4, -0.2) is 57.7 Å². The number of ether oxygens (including phenoxy) is 4. The van der Waals surface area contributed by atoms with Crippen molar-refractivity contribution in [1.82, 2.24) is 4.98 Å². The molecule has 0 fully saturated rings. The van der Waals surface area contributed by atoms with Crippen molar-refractivity contribution < 1.29 is 23.7 Å². The maximum absolute atomic E-state index is 11.6. The number of methoxy groups -OCH3 is 1. The topological polar surface area (TPSA) is 69.8 Å². The smallest absolute Gasteiger partial charge is 0.311 e. The van der Waals surface area contributed by atoms with E-state index in [2.05, 4.69) is 4.98 Å². The van der Waals surface area contributed by atoms with Gasteiger partial charge in [0.1, 0.15) is 6.61 Å². The van der Waals surface area contributed by atoms with E-state index in [1.54, 1.807) is 7.11 Å². The van der Waals surface area contributed by atoms with Crippen molar-refractivity contribution in [2.45, 2.75) is 13.3 Å². The van der Waals surface area contributed by atoms with Gasteiger partial charge in [0.25, 0.3) is 0 Å². The van der Waals surface area contributed by atoms with Crippen LogP contribution in [-0.2, 0) is 30.2 Å². The summed E-state index contributed by atoms with van der Waals surface area (Å²) in [5, 5.41) is 0. The minimum Gasteiger partial charge on any atom is -0.463 e. The van der Waals surface area contributed by atoms with E-state index in [0.29, 0.717) is 37.0 Å². The predicted molar refractivity (Wildman–Crippen MR) is 82.4 cm³/mol. The molecule has 0 spiro atoms. The van der Waals surface area contributed by atoms with Gasteiger partial charge in [-0.2, -0.15) is 0 Å². The third-order valence-corrected chi connectivity index (χ3v) is 3.86. The number of aromatic amines is 1. The largest absolute Gasteiger partial charge is 0.463 e. The lowest BCUT2D eigenvalue weighted by Crippen LogP contribution is -2.14. The van der Waals surface area contributed by atoms with Crippen LogP contribution in [0.1, 0.15) is 10.6 Å². The first-order valence-electron chi connectivity index (χ1n) is 6.62. The number of H-pyrrole nitrogens is 1. The summed E-state index contributed by atoms with van der Waals surface area (Å²) in [6, 6.07) is 0. The molecule has 0 aliphatic heterocycles. The number of rotatable bonds is 11. The van der Waals surface area contributed by atoms with Gasteiger partial charge in [0.05, 0.1) is 39.5 Å². The van der Waals surface area contributed by atoms with Crippen LogP contribution in [0.4, 0.5) is 0 Å². The number of aryl methyl sites for hydroxylation is 1. The van der Waals surface area contributed by atoms with Gasteiger partial charge < -0.3 is 23.9 Å². The third-order valence-electron chi connectivity index (χ3n) is 2.52. The van der Waals surface area contributed by atoms with Gasteiger partial charge in [0.2, 0.25) is 0 Å². The molecule has 0 bridgehead atoms. The fourth-order valence-electron chi connectivity index (χ4n) is 1.47. The molecule has 6 nitrogen and oxygen atoms in total. The SMILES string of the molecule is COCCOCCOCCOC(=O)Cc1sc(=S)[nH]c1C. The maximum Gasteiger partial charge on any atom is 0.311 e. The highest BCUT2D eigenvalue weighted by Gasteiger charge is 2.09. The molecule has 0 atom stereocenters. The summed E-state index contributed by atoms with van der Waals surface area (Å²) in [6.45, 7) is 4.59. The predicted octanol–water partition coefficient (Wildman–Crippen LogP) is 1.88. The molecule has 1 aromatic heterocycles. The summed E-state index contributed by atoms with van der Waals surface area (Å²) in [6.07, 6.45) is 0.240. The Kier molecular flexibility index (Phi) is 9.44. The van der Waals surface area contributed by atoms with Crippen molar-refractivity contribution in [1.29, 1.82) is 0 Å². The normalized spacial score (nSPS) is 10.8. The van der Waals surface area contributed by atoms with E-state index >= 15 is 0 Å². The molecule has 1 rings (SSSR count). The van der Waals surface area contributed by atoms with Crippen LogP contribution in [0.2, 0.25) is 0 Å². The Labute approximate surface area is 133 Å². The summed E-state index contributed by atoms with van der Waals surface area (Å²) in [7, 11) is 1.62. The molecule has 0 aromatic carbocycles. The van der Waals surface area contributed by atoms with Crippen LogP contribution < -0.4 is 0 Å². The highest BCUT2D eigenvalue weighted by Crippen LogP contribution is 2.15. The van der Waals surface area contributed by atoms with Crippen molar-refractivity contribution in [2.24, 2.45) is 0 Å². The third kappa shape index (κ3) is 8.27. The van der Waals surface area contributed by atoms with E-state index in [-0.39, 0.29) is 19.0 Å². The molecule has 0 aliphatic carbocycles. The molecule has 1 N–H and O–H groups in total. The molecule has 21 heavy (non-hydrogen) atoms. The first kappa shape index (κ1) is 18.2. The number of hydrogen-bond donors (Lipinski definition) is 1. The molecule has 1 heterocycles. The van der Waals surface area contributed by atoms with Crippen LogP contribution >= 0.6 is 23.6 Å². The van der Waals surface area contributed by atoms with Gasteiger partial charge in [-0.05, 0) is 19.1 Å². The van der Waals surface area contributed by atoms with Crippen molar-refractivity contribution in [2.75, 3.05) is 46.8 Å². The van der Waals surface area contributed by atoms with Gasteiger partial charge in [-0.1, -0.05) is 0 Å². The Morgan fingerprint density at radius 2 is 1.76 bits per heavy atom. The van der Waals surface area contributed by atoms with E-state index in [0.717, 1.165) is 10.6 Å². The van der Waals surface area contributed by atoms with Crippen LogP contribution in [0.5, 0.6) is 0 Å². The lowest BCUT2D eigenvalue weighted by atomic mass is 10.3. The molecular weight excluding hydrogens is 314 g/mol. The zero-order chi connectivity index (χ0) is 15.5. The van der Waals surface area contributed by atoms with Crippen molar-refractivity contribution >= 4 is 29.5 Å². The van der Waals surface area contributed by atoms with Gasteiger partial charge in [-0.25, -0.2) is 0 Å². The molecule has 0 amide bonds. The Balaban J connectivity index is 2.01. The maximum atomic E-state index is 11.6. The van der Waals surface area contributed by atoms with E-state index < -0.39 is 0 Å². The van der Waals surface area contributed by atoms with Gasteiger partial charge in [0.15, 0.2) is 3.95 Å². The second-order valence-corrected chi connectivity index (χ2v) is 5.95. The minimum atomic E-state index is -0.275. The first-order chi connectivity index (χ1) is 10.1. The lowest BCUT2D eigenvalue weighted by Gasteiger charge is -2.06. The lowest BCUT2D eigenvalue weighted by molar-refractivity contribution is -0.144. The minimum absolute atomic E-state index is 0.240. The van der Waals surface area contributed by atoms with E-state index in [4.69, 9.17) is 31.2 Å². The molecule has 8 heteroatoms. The quantitative estimate of drug-likeness (QED) is 0.378. The Morgan fingerprint density at radius 1 is 1.14 bits per heavy atom. The fraction of sp³-hybridized carbons (Fsp3) is 0.692. The molecule has 0 saturated carbocycles. The first-order valence-corrected chi connectivity index (χ1v) is 7.84. The van der Waals surface area contributed by atoms with Gasteiger partial charge in [0, 0.05) is 17.7 Å². The number of carbonyl (C=O) groups excluding carboxylic acids is 1. The number of carbonyl (C=O) groups is 1. The van der Waals surface area contributed by atoms with Crippen molar-refractivity contribution in [3.63, 3.8) is 0 Å². The van der Waals surface area contributed by atoms with E-state index in [1.165, 1.54) is 11.3 Å². The number of hydrogen-bond acceptors (Lipinski definition) is 7. The molecule has 120 valence electrons. The summed E-state index contributed by atoms with van der Waals surface area (Å²) in [5.74, 6) is -0.275. The highest BCUT2D eigenvalue weighted by molar-refractivity contribution is 7.73. The number of esters is 1. The number of nitrogens with one attached hydrogen (secondary N) is 1. The van der Waals surface area contributed by atoms with Crippen LogP contribution in [0.3, 0.4) is 0 Å². The summed E-state index contributed by atoms with van der Waals surface area (Å²) >= 11 is 6.42. The Bertz CT molecular complexity index is 471. The second-order valence-electron chi connectivity index (χ2n) is 4.18. The number of aromatic nitrogens is 1. The van der Waals surface area contributed by atoms with Gasteiger partial charge >= 0.3 is 5.97 Å². The molecular formula is C13H21NO5S2. The zero-order valence-electron chi connectivity index (χ0n) is 12.3. The van der Waals surface area contributed by atoms with Crippen molar-refractivity contribution in [3.05, 3.63) is 14.5 Å². The summed E-state index contributed by atoms with van der Waals surface area (Å²) in [4.78, 5) is 15.5. The van der Waals surface area contributed by atoms with E-state index in [9.17, 15) is 4.79 Å².